The minimum atomic E-state index is -0.0152. The number of ether oxygens (including phenoxy) is 2. The molecular weight excluding hydrogens is 416 g/mol. The zero-order chi connectivity index (χ0) is 22.1. The molecule has 8 nitrogen and oxygen atoms in total. The molecule has 1 N–H and O–H groups in total. The van der Waals surface area contributed by atoms with Crippen LogP contribution in [-0.2, 0) is 16.1 Å². The van der Waals surface area contributed by atoms with E-state index in [1.54, 1.807) is 24.5 Å². The average molecular weight is 447 g/mol. The largest absolute Gasteiger partial charge is 0.487 e. The second kappa shape index (κ2) is 11.8. The second-order valence-electron chi connectivity index (χ2n) is 7.44. The van der Waals surface area contributed by atoms with Crippen LogP contribution in [0.1, 0.15) is 27.5 Å². The van der Waals surface area contributed by atoms with Crippen LogP contribution in [0.2, 0.25) is 0 Å². The molecule has 1 aliphatic rings. The van der Waals surface area contributed by atoms with Crippen LogP contribution in [0.3, 0.4) is 0 Å². The molecule has 9 heteroatoms. The Morgan fingerprint density at radius 3 is 2.74 bits per heavy atom. The maximum Gasteiger partial charge on any atom is 0.254 e. The van der Waals surface area contributed by atoms with Gasteiger partial charge in [0.05, 0.1) is 17.2 Å². The molecule has 0 saturated carbocycles. The monoisotopic (exact) mass is 446 g/mol. The van der Waals surface area contributed by atoms with E-state index in [1.807, 2.05) is 35.4 Å². The van der Waals surface area contributed by atoms with Crippen molar-refractivity contribution in [2.24, 2.45) is 0 Å². The molecule has 0 aliphatic carbocycles. The Morgan fingerprint density at radius 1 is 1.23 bits per heavy atom. The van der Waals surface area contributed by atoms with Gasteiger partial charge in [-0.15, -0.1) is 11.3 Å². The summed E-state index contributed by atoms with van der Waals surface area (Å²) in [4.78, 5) is 33.2. The van der Waals surface area contributed by atoms with Crippen molar-refractivity contribution in [3.63, 3.8) is 0 Å². The van der Waals surface area contributed by atoms with Crippen molar-refractivity contribution in [2.75, 3.05) is 53.0 Å². The summed E-state index contributed by atoms with van der Waals surface area (Å²) in [5, 5.41) is 5.88. The van der Waals surface area contributed by atoms with Crippen LogP contribution in [0, 0.1) is 6.92 Å². The molecule has 0 unspecified atom stereocenters. The van der Waals surface area contributed by atoms with Crippen molar-refractivity contribution in [1.29, 1.82) is 0 Å². The van der Waals surface area contributed by atoms with E-state index >= 15 is 0 Å². The highest BCUT2D eigenvalue weighted by Crippen LogP contribution is 2.18. The van der Waals surface area contributed by atoms with Gasteiger partial charge in [-0.3, -0.25) is 14.5 Å². The fourth-order valence-electron chi connectivity index (χ4n) is 3.35. The van der Waals surface area contributed by atoms with Crippen molar-refractivity contribution in [3.8, 4) is 5.75 Å². The van der Waals surface area contributed by atoms with Crippen LogP contribution in [-0.4, -0.2) is 79.6 Å². The number of methoxy groups -OCH3 is 1. The summed E-state index contributed by atoms with van der Waals surface area (Å²) in [5.74, 6) is 0.648. The maximum atomic E-state index is 12.9. The predicted molar refractivity (Wildman–Crippen MR) is 119 cm³/mol. The van der Waals surface area contributed by atoms with E-state index in [9.17, 15) is 9.59 Å². The topological polar surface area (TPSA) is 84.0 Å². The van der Waals surface area contributed by atoms with Gasteiger partial charge in [0.2, 0.25) is 5.91 Å². The molecule has 3 rings (SSSR count). The summed E-state index contributed by atoms with van der Waals surface area (Å²) in [7, 11) is 1.65. The first-order valence-corrected chi connectivity index (χ1v) is 11.3. The first-order valence-electron chi connectivity index (χ1n) is 10.5. The summed E-state index contributed by atoms with van der Waals surface area (Å²) < 4.78 is 10.8. The van der Waals surface area contributed by atoms with Gasteiger partial charge in [-0.25, -0.2) is 4.98 Å². The number of nitrogens with zero attached hydrogens (tertiary/aromatic N) is 3. The number of carbonyl (C=O) groups excluding carboxylic acids is 2. The lowest BCUT2D eigenvalue weighted by atomic mass is 10.1. The predicted octanol–water partition coefficient (Wildman–Crippen LogP) is 1.94. The second-order valence-corrected chi connectivity index (χ2v) is 8.50. The van der Waals surface area contributed by atoms with Crippen LogP contribution in [0.25, 0.3) is 0 Å². The smallest absolute Gasteiger partial charge is 0.254 e. The van der Waals surface area contributed by atoms with Gasteiger partial charge in [0, 0.05) is 57.4 Å². The lowest BCUT2D eigenvalue weighted by molar-refractivity contribution is -0.122. The highest BCUT2D eigenvalue weighted by molar-refractivity contribution is 7.09. The lowest BCUT2D eigenvalue weighted by Gasteiger charge is -2.34. The molecule has 0 atom stereocenters. The molecule has 0 radical (unpaired) electrons. The zero-order valence-corrected chi connectivity index (χ0v) is 19.0. The Hall–Kier alpha value is -2.49. The van der Waals surface area contributed by atoms with E-state index in [2.05, 4.69) is 15.2 Å². The van der Waals surface area contributed by atoms with Crippen molar-refractivity contribution >= 4 is 23.2 Å². The Kier molecular flexibility index (Phi) is 8.81. The number of carbonyl (C=O) groups is 2. The van der Waals surface area contributed by atoms with Gasteiger partial charge < -0.3 is 19.7 Å². The number of rotatable bonds is 10. The average Bonchev–Trinajstić information content (AvgIpc) is 3.21. The number of hydrogen-bond acceptors (Lipinski definition) is 7. The van der Waals surface area contributed by atoms with Crippen LogP contribution >= 0.6 is 11.3 Å². The van der Waals surface area contributed by atoms with Gasteiger partial charge in [-0.1, -0.05) is 6.07 Å². The minimum absolute atomic E-state index is 0.0102. The van der Waals surface area contributed by atoms with E-state index in [1.165, 1.54) is 0 Å². The lowest BCUT2D eigenvalue weighted by Crippen LogP contribution is -2.51. The molecular formula is C22H30N4O4S. The van der Waals surface area contributed by atoms with E-state index < -0.39 is 0 Å². The SMILES string of the molecule is COCCCNC(=O)CN1CCN(C(=O)c2cccc(OCc3csc(C)n3)c2)CC1. The summed E-state index contributed by atoms with van der Waals surface area (Å²) in [6.07, 6.45) is 0.802. The zero-order valence-electron chi connectivity index (χ0n) is 18.1. The molecule has 2 amide bonds. The third kappa shape index (κ3) is 7.30. The Morgan fingerprint density at radius 2 is 2.03 bits per heavy atom. The van der Waals surface area contributed by atoms with Crippen LogP contribution in [0.4, 0.5) is 0 Å². The van der Waals surface area contributed by atoms with E-state index in [-0.39, 0.29) is 11.8 Å². The Balaban J connectivity index is 1.44. The fourth-order valence-corrected chi connectivity index (χ4v) is 3.94. The Labute approximate surface area is 187 Å². The van der Waals surface area contributed by atoms with E-state index in [4.69, 9.17) is 9.47 Å². The molecule has 1 aromatic heterocycles. The van der Waals surface area contributed by atoms with Gasteiger partial charge in [0.1, 0.15) is 12.4 Å². The first-order chi connectivity index (χ1) is 15.0. The minimum Gasteiger partial charge on any atom is -0.487 e. The molecule has 31 heavy (non-hydrogen) atoms. The molecule has 0 spiro atoms. The molecule has 1 fully saturated rings. The Bertz CT molecular complexity index is 865. The highest BCUT2D eigenvalue weighted by Gasteiger charge is 2.23. The van der Waals surface area contributed by atoms with Crippen molar-refractivity contribution in [1.82, 2.24) is 20.1 Å². The number of benzene rings is 1. The summed E-state index contributed by atoms with van der Waals surface area (Å²) >= 11 is 1.59. The third-order valence-electron chi connectivity index (χ3n) is 5.01. The number of aryl methyl sites for hydroxylation is 1. The highest BCUT2D eigenvalue weighted by atomic mass is 32.1. The number of nitrogens with one attached hydrogen (secondary N) is 1. The first kappa shape index (κ1) is 23.2. The van der Waals surface area contributed by atoms with Gasteiger partial charge in [-0.05, 0) is 31.5 Å². The molecule has 1 saturated heterocycles. The van der Waals surface area contributed by atoms with Gasteiger partial charge in [0.25, 0.3) is 5.91 Å². The maximum absolute atomic E-state index is 12.9. The molecule has 2 heterocycles. The standard InChI is InChI=1S/C22H30N4O4S/c1-17-24-19(16-31-17)15-30-20-6-3-5-18(13-20)22(28)26-10-8-25(9-11-26)14-21(27)23-7-4-12-29-2/h3,5-6,13,16H,4,7-12,14-15H2,1-2H3,(H,23,27). The van der Waals surface area contributed by atoms with Crippen LogP contribution < -0.4 is 10.1 Å². The van der Waals surface area contributed by atoms with Crippen molar-refractivity contribution < 1.29 is 19.1 Å². The normalized spacial score (nSPS) is 14.5. The number of piperazine rings is 1. The summed E-state index contributed by atoms with van der Waals surface area (Å²) in [6, 6.07) is 7.27. The molecule has 168 valence electrons. The van der Waals surface area contributed by atoms with Crippen LogP contribution in [0.5, 0.6) is 5.75 Å². The molecule has 1 aromatic carbocycles. The van der Waals surface area contributed by atoms with Crippen molar-refractivity contribution in [2.45, 2.75) is 20.0 Å². The quantitative estimate of drug-likeness (QED) is 0.562. The summed E-state index contributed by atoms with van der Waals surface area (Å²) in [6.45, 7) is 6.50. The molecule has 1 aliphatic heterocycles. The van der Waals surface area contributed by atoms with Crippen molar-refractivity contribution in [3.05, 3.63) is 45.9 Å². The van der Waals surface area contributed by atoms with Gasteiger partial charge in [-0.2, -0.15) is 0 Å². The number of hydrogen-bond donors (Lipinski definition) is 1. The van der Waals surface area contributed by atoms with Gasteiger partial charge >= 0.3 is 0 Å². The molecule has 0 bridgehead atoms. The number of aromatic nitrogens is 1. The van der Waals surface area contributed by atoms with E-state index in [0.29, 0.717) is 63.8 Å². The fraction of sp³-hybridized carbons (Fsp3) is 0.500. The number of amides is 2. The molecule has 2 aromatic rings. The van der Waals surface area contributed by atoms with E-state index in [0.717, 1.165) is 17.1 Å². The number of thiazole rings is 1. The third-order valence-corrected chi connectivity index (χ3v) is 5.83. The summed E-state index contributed by atoms with van der Waals surface area (Å²) in [5.41, 5.74) is 1.49. The van der Waals surface area contributed by atoms with Gasteiger partial charge in [0.15, 0.2) is 0 Å². The van der Waals surface area contributed by atoms with Crippen LogP contribution in [0.15, 0.2) is 29.6 Å².